The van der Waals surface area contributed by atoms with Gasteiger partial charge in [-0.05, 0) is 39.3 Å². The van der Waals surface area contributed by atoms with E-state index in [-0.39, 0.29) is 29.1 Å². The standard InChI is InChI=1S/C22H26N4O4S2/c1-5-8-25-21(18-6-9-30-16(18)4)23-24-22(25)31-12-20(27)19-11-14(2)26(15(19)3)17-7-10-32(28,29)13-17/h5-6,9,11,17H,1,7-8,10,12-13H2,2-4H3. The summed E-state index contributed by atoms with van der Waals surface area (Å²) < 4.78 is 33.1. The van der Waals surface area contributed by atoms with Crippen molar-refractivity contribution in [1.82, 2.24) is 19.3 Å². The Morgan fingerprint density at radius 1 is 1.34 bits per heavy atom. The third-order valence-corrected chi connectivity index (χ3v) is 8.54. The van der Waals surface area contributed by atoms with Crippen molar-refractivity contribution in [1.29, 1.82) is 0 Å². The lowest BCUT2D eigenvalue weighted by atomic mass is 10.2. The Bertz CT molecular complexity index is 1280. The van der Waals surface area contributed by atoms with Crippen molar-refractivity contribution < 1.29 is 17.6 Å². The summed E-state index contributed by atoms with van der Waals surface area (Å²) in [5.41, 5.74) is 3.20. The normalized spacial score (nSPS) is 17.7. The zero-order valence-corrected chi connectivity index (χ0v) is 20.0. The van der Waals surface area contributed by atoms with Gasteiger partial charge >= 0.3 is 0 Å². The lowest BCUT2D eigenvalue weighted by Crippen LogP contribution is -2.14. The number of Topliss-reactive ketones (excluding diaryl/α,β-unsaturated/α-hetero) is 1. The van der Waals surface area contributed by atoms with Gasteiger partial charge in [-0.2, -0.15) is 0 Å². The van der Waals surface area contributed by atoms with Gasteiger partial charge in [0.05, 0.1) is 29.1 Å². The minimum Gasteiger partial charge on any atom is -0.469 e. The molecule has 170 valence electrons. The van der Waals surface area contributed by atoms with Gasteiger partial charge in [0.2, 0.25) is 0 Å². The van der Waals surface area contributed by atoms with Crippen LogP contribution in [-0.4, -0.2) is 50.8 Å². The molecule has 1 fully saturated rings. The van der Waals surface area contributed by atoms with Crippen LogP contribution in [0, 0.1) is 20.8 Å². The van der Waals surface area contributed by atoms with E-state index < -0.39 is 9.84 Å². The van der Waals surface area contributed by atoms with Gasteiger partial charge in [-0.25, -0.2) is 8.42 Å². The van der Waals surface area contributed by atoms with Crippen LogP contribution < -0.4 is 0 Å². The highest BCUT2D eigenvalue weighted by Crippen LogP contribution is 2.31. The molecule has 1 atom stereocenters. The SMILES string of the molecule is C=CCn1c(SCC(=O)c2cc(C)n(C3CCS(=O)(=O)C3)c2C)nnc1-c1ccoc1C. The zero-order chi connectivity index (χ0) is 23.0. The number of thioether (sulfide) groups is 1. The number of furan rings is 1. The summed E-state index contributed by atoms with van der Waals surface area (Å²) in [6.45, 7) is 9.99. The van der Waals surface area contributed by atoms with Crippen LogP contribution in [0.4, 0.5) is 0 Å². The van der Waals surface area contributed by atoms with Crippen LogP contribution in [-0.2, 0) is 16.4 Å². The first kappa shape index (κ1) is 22.6. The fourth-order valence-corrected chi connectivity index (χ4v) is 6.84. The number of aryl methyl sites for hydroxylation is 2. The molecule has 10 heteroatoms. The first-order valence-corrected chi connectivity index (χ1v) is 13.2. The number of sulfone groups is 1. The Hall–Kier alpha value is -2.59. The smallest absolute Gasteiger partial charge is 0.192 e. The second-order valence-electron chi connectivity index (χ2n) is 8.02. The van der Waals surface area contributed by atoms with E-state index in [1.807, 2.05) is 42.0 Å². The number of nitrogens with zero attached hydrogens (tertiary/aromatic N) is 4. The molecule has 0 bridgehead atoms. The summed E-state index contributed by atoms with van der Waals surface area (Å²) in [6, 6.07) is 3.60. The van der Waals surface area contributed by atoms with Crippen LogP contribution in [0.1, 0.15) is 40.0 Å². The van der Waals surface area contributed by atoms with Crippen LogP contribution >= 0.6 is 11.8 Å². The Balaban J connectivity index is 1.54. The summed E-state index contributed by atoms with van der Waals surface area (Å²) in [7, 11) is -3.01. The number of allylic oxidation sites excluding steroid dienone is 1. The van der Waals surface area contributed by atoms with Crippen molar-refractivity contribution in [3.05, 3.63) is 53.8 Å². The number of aromatic nitrogens is 4. The van der Waals surface area contributed by atoms with E-state index in [4.69, 9.17) is 4.42 Å². The van der Waals surface area contributed by atoms with Crippen molar-refractivity contribution in [2.45, 2.75) is 44.9 Å². The van der Waals surface area contributed by atoms with Gasteiger partial charge < -0.3 is 8.98 Å². The topological polar surface area (TPSA) is 100.0 Å². The van der Waals surface area contributed by atoms with Gasteiger partial charge in [-0.3, -0.25) is 9.36 Å². The molecule has 3 aromatic rings. The number of carbonyl (C=O) groups is 1. The summed E-state index contributed by atoms with van der Waals surface area (Å²) in [6.07, 6.45) is 3.96. The molecule has 4 rings (SSSR count). The first-order chi connectivity index (χ1) is 15.2. The third-order valence-electron chi connectivity index (χ3n) is 5.82. The second-order valence-corrected chi connectivity index (χ2v) is 11.2. The van der Waals surface area contributed by atoms with E-state index in [1.54, 1.807) is 12.3 Å². The van der Waals surface area contributed by atoms with Gasteiger partial charge in [0, 0.05) is 29.5 Å². The van der Waals surface area contributed by atoms with Gasteiger partial charge in [0.1, 0.15) is 5.76 Å². The van der Waals surface area contributed by atoms with Crippen LogP contribution in [0.2, 0.25) is 0 Å². The maximum atomic E-state index is 13.1. The monoisotopic (exact) mass is 474 g/mol. The molecule has 0 saturated carbocycles. The maximum Gasteiger partial charge on any atom is 0.192 e. The number of ketones is 1. The second kappa shape index (κ2) is 8.74. The lowest BCUT2D eigenvalue weighted by molar-refractivity contribution is 0.102. The van der Waals surface area contributed by atoms with E-state index in [2.05, 4.69) is 16.8 Å². The molecule has 3 aromatic heterocycles. The largest absolute Gasteiger partial charge is 0.469 e. The highest BCUT2D eigenvalue weighted by molar-refractivity contribution is 7.99. The number of hydrogen-bond acceptors (Lipinski definition) is 7. The summed E-state index contributed by atoms with van der Waals surface area (Å²) in [5.74, 6) is 1.93. The average molecular weight is 475 g/mol. The molecule has 32 heavy (non-hydrogen) atoms. The van der Waals surface area contributed by atoms with Crippen molar-refractivity contribution in [2.24, 2.45) is 0 Å². The minimum atomic E-state index is -3.01. The fraction of sp³-hybridized carbons (Fsp3) is 0.409. The molecule has 0 spiro atoms. The highest BCUT2D eigenvalue weighted by Gasteiger charge is 2.31. The molecule has 1 aliphatic rings. The third kappa shape index (κ3) is 4.21. The molecular weight excluding hydrogens is 448 g/mol. The van der Waals surface area contributed by atoms with E-state index in [0.717, 1.165) is 22.7 Å². The first-order valence-electron chi connectivity index (χ1n) is 10.3. The van der Waals surface area contributed by atoms with E-state index >= 15 is 0 Å². The van der Waals surface area contributed by atoms with Crippen LogP contribution in [0.15, 0.2) is 40.6 Å². The summed E-state index contributed by atoms with van der Waals surface area (Å²) >= 11 is 1.33. The molecular formula is C22H26N4O4S2. The van der Waals surface area contributed by atoms with Crippen LogP contribution in [0.3, 0.4) is 0 Å². The van der Waals surface area contributed by atoms with Gasteiger partial charge in [-0.15, -0.1) is 16.8 Å². The molecule has 0 aromatic carbocycles. The van der Waals surface area contributed by atoms with Gasteiger partial charge in [0.25, 0.3) is 0 Å². The number of carbonyl (C=O) groups excluding carboxylic acids is 1. The van der Waals surface area contributed by atoms with Crippen LogP contribution in [0.25, 0.3) is 11.4 Å². The van der Waals surface area contributed by atoms with E-state index in [9.17, 15) is 13.2 Å². The van der Waals surface area contributed by atoms with Crippen molar-refractivity contribution >= 4 is 27.4 Å². The molecule has 0 N–H and O–H groups in total. The molecule has 0 amide bonds. The molecule has 8 nitrogen and oxygen atoms in total. The molecule has 1 saturated heterocycles. The maximum absolute atomic E-state index is 13.1. The summed E-state index contributed by atoms with van der Waals surface area (Å²) in [5, 5.41) is 9.22. The fourth-order valence-electron chi connectivity index (χ4n) is 4.31. The lowest BCUT2D eigenvalue weighted by Gasteiger charge is -2.16. The van der Waals surface area contributed by atoms with E-state index in [1.165, 1.54) is 11.8 Å². The summed E-state index contributed by atoms with van der Waals surface area (Å²) in [4.78, 5) is 13.1. The number of hydrogen-bond donors (Lipinski definition) is 0. The van der Waals surface area contributed by atoms with Crippen molar-refractivity contribution in [3.8, 4) is 11.4 Å². The Labute approximate surface area is 191 Å². The molecule has 4 heterocycles. The van der Waals surface area contributed by atoms with Gasteiger partial charge in [0.15, 0.2) is 26.6 Å². The van der Waals surface area contributed by atoms with Gasteiger partial charge in [-0.1, -0.05) is 17.8 Å². The van der Waals surface area contributed by atoms with E-state index in [0.29, 0.717) is 29.5 Å². The zero-order valence-electron chi connectivity index (χ0n) is 18.4. The van der Waals surface area contributed by atoms with Crippen LogP contribution in [0.5, 0.6) is 0 Å². The minimum absolute atomic E-state index is 0.0237. The quantitative estimate of drug-likeness (QED) is 0.278. The Morgan fingerprint density at radius 2 is 2.12 bits per heavy atom. The predicted molar refractivity (Wildman–Crippen MR) is 124 cm³/mol. The van der Waals surface area contributed by atoms with Crippen molar-refractivity contribution in [2.75, 3.05) is 17.3 Å². The molecule has 0 radical (unpaired) electrons. The molecule has 1 aliphatic heterocycles. The van der Waals surface area contributed by atoms with Crippen molar-refractivity contribution in [3.63, 3.8) is 0 Å². The highest BCUT2D eigenvalue weighted by atomic mass is 32.2. The molecule has 1 unspecified atom stereocenters. The number of rotatable bonds is 8. The average Bonchev–Trinajstić information content (AvgIpc) is 3.48. The Kier molecular flexibility index (Phi) is 6.17. The predicted octanol–water partition coefficient (Wildman–Crippen LogP) is 3.79. The molecule has 0 aliphatic carbocycles. The Morgan fingerprint density at radius 3 is 2.75 bits per heavy atom.